The standard InChI is InChI=1S/C9H16FNO2/c1-13-9(12)8-3-2-5-11(7-8)6-4-10/h8H,2-7H2,1H3. The Labute approximate surface area is 77.9 Å². The lowest BCUT2D eigenvalue weighted by Gasteiger charge is -2.30. The number of piperidine rings is 1. The molecule has 1 saturated heterocycles. The third-order valence-corrected chi connectivity index (χ3v) is 2.44. The van der Waals surface area contributed by atoms with Crippen molar-refractivity contribution in [1.29, 1.82) is 0 Å². The van der Waals surface area contributed by atoms with E-state index in [1.807, 2.05) is 4.90 Å². The average molecular weight is 189 g/mol. The minimum atomic E-state index is -0.339. The maximum atomic E-state index is 12.0. The second-order valence-electron chi connectivity index (χ2n) is 3.35. The van der Waals surface area contributed by atoms with Gasteiger partial charge in [-0.2, -0.15) is 0 Å². The largest absolute Gasteiger partial charge is 0.469 e. The number of methoxy groups -OCH3 is 1. The molecule has 1 heterocycles. The van der Waals surface area contributed by atoms with E-state index in [0.717, 1.165) is 19.4 Å². The molecule has 0 amide bonds. The molecule has 13 heavy (non-hydrogen) atoms. The van der Waals surface area contributed by atoms with Gasteiger partial charge in [0.25, 0.3) is 0 Å². The van der Waals surface area contributed by atoms with Gasteiger partial charge in [0.05, 0.1) is 13.0 Å². The van der Waals surface area contributed by atoms with Gasteiger partial charge in [-0.15, -0.1) is 0 Å². The van der Waals surface area contributed by atoms with Crippen LogP contribution < -0.4 is 0 Å². The van der Waals surface area contributed by atoms with Crippen molar-refractivity contribution in [1.82, 2.24) is 4.90 Å². The molecule has 1 rings (SSSR count). The highest BCUT2D eigenvalue weighted by atomic mass is 19.1. The van der Waals surface area contributed by atoms with E-state index in [1.165, 1.54) is 7.11 Å². The molecule has 0 aromatic rings. The lowest BCUT2D eigenvalue weighted by Crippen LogP contribution is -2.40. The Morgan fingerprint density at radius 1 is 1.69 bits per heavy atom. The lowest BCUT2D eigenvalue weighted by atomic mass is 9.98. The molecule has 1 aliphatic heterocycles. The SMILES string of the molecule is COC(=O)C1CCCN(CCF)C1. The van der Waals surface area contributed by atoms with Crippen LogP contribution in [0.15, 0.2) is 0 Å². The second kappa shape index (κ2) is 5.17. The number of alkyl halides is 1. The van der Waals surface area contributed by atoms with Gasteiger partial charge in [0, 0.05) is 13.1 Å². The summed E-state index contributed by atoms with van der Waals surface area (Å²) in [6, 6.07) is 0. The first kappa shape index (κ1) is 10.4. The molecule has 0 radical (unpaired) electrons. The first-order chi connectivity index (χ1) is 6.27. The number of nitrogens with zero attached hydrogens (tertiary/aromatic N) is 1. The van der Waals surface area contributed by atoms with Gasteiger partial charge in [0.2, 0.25) is 0 Å². The fourth-order valence-electron chi connectivity index (χ4n) is 1.74. The number of ether oxygens (including phenoxy) is 1. The van der Waals surface area contributed by atoms with Crippen molar-refractivity contribution in [3.8, 4) is 0 Å². The molecule has 0 aromatic carbocycles. The molecular weight excluding hydrogens is 173 g/mol. The lowest BCUT2D eigenvalue weighted by molar-refractivity contribution is -0.147. The predicted molar refractivity (Wildman–Crippen MR) is 47.2 cm³/mol. The minimum Gasteiger partial charge on any atom is -0.469 e. The van der Waals surface area contributed by atoms with Gasteiger partial charge in [-0.3, -0.25) is 9.69 Å². The van der Waals surface area contributed by atoms with Crippen LogP contribution in [0.5, 0.6) is 0 Å². The molecule has 1 unspecified atom stereocenters. The summed E-state index contributed by atoms with van der Waals surface area (Å²) < 4.78 is 16.7. The first-order valence-corrected chi connectivity index (χ1v) is 4.64. The van der Waals surface area contributed by atoms with E-state index >= 15 is 0 Å². The van der Waals surface area contributed by atoms with Crippen molar-refractivity contribution in [2.75, 3.05) is 33.4 Å². The summed E-state index contributed by atoms with van der Waals surface area (Å²) in [5.41, 5.74) is 0. The maximum Gasteiger partial charge on any atom is 0.309 e. The number of hydrogen-bond donors (Lipinski definition) is 0. The summed E-state index contributed by atoms with van der Waals surface area (Å²) in [5, 5.41) is 0. The van der Waals surface area contributed by atoms with Crippen LogP contribution in [-0.2, 0) is 9.53 Å². The molecule has 0 spiro atoms. The summed E-state index contributed by atoms with van der Waals surface area (Å²) in [7, 11) is 1.40. The van der Waals surface area contributed by atoms with E-state index in [2.05, 4.69) is 4.74 Å². The maximum absolute atomic E-state index is 12.0. The molecular formula is C9H16FNO2. The average Bonchev–Trinajstić information content (AvgIpc) is 2.18. The fourth-order valence-corrected chi connectivity index (χ4v) is 1.74. The number of rotatable bonds is 3. The molecule has 1 atom stereocenters. The molecule has 1 aliphatic rings. The van der Waals surface area contributed by atoms with Crippen LogP contribution in [0.25, 0.3) is 0 Å². The Bertz CT molecular complexity index is 173. The van der Waals surface area contributed by atoms with Crippen LogP contribution in [-0.4, -0.2) is 44.3 Å². The Balaban J connectivity index is 2.37. The van der Waals surface area contributed by atoms with Gasteiger partial charge < -0.3 is 4.74 Å². The number of likely N-dealkylation sites (tertiary alicyclic amines) is 1. The molecule has 0 bridgehead atoms. The molecule has 0 aromatic heterocycles. The van der Waals surface area contributed by atoms with Gasteiger partial charge in [0.15, 0.2) is 0 Å². The third-order valence-electron chi connectivity index (χ3n) is 2.44. The van der Waals surface area contributed by atoms with Gasteiger partial charge in [-0.1, -0.05) is 0 Å². The summed E-state index contributed by atoms with van der Waals surface area (Å²) in [5.74, 6) is -0.214. The van der Waals surface area contributed by atoms with Crippen molar-refractivity contribution >= 4 is 5.97 Å². The predicted octanol–water partition coefficient (Wildman–Crippen LogP) is 0.841. The number of hydrogen-bond acceptors (Lipinski definition) is 3. The van der Waals surface area contributed by atoms with Crippen molar-refractivity contribution in [2.45, 2.75) is 12.8 Å². The summed E-state index contributed by atoms with van der Waals surface area (Å²) >= 11 is 0. The van der Waals surface area contributed by atoms with Gasteiger partial charge in [-0.25, -0.2) is 4.39 Å². The zero-order chi connectivity index (χ0) is 9.68. The Kier molecular flexibility index (Phi) is 4.15. The van der Waals surface area contributed by atoms with Crippen LogP contribution in [0, 0.1) is 5.92 Å². The highest BCUT2D eigenvalue weighted by molar-refractivity contribution is 5.72. The Hall–Kier alpha value is -0.640. The van der Waals surface area contributed by atoms with Gasteiger partial charge in [0.1, 0.15) is 6.67 Å². The van der Waals surface area contributed by atoms with E-state index < -0.39 is 0 Å². The zero-order valence-corrected chi connectivity index (χ0v) is 7.96. The molecule has 76 valence electrons. The first-order valence-electron chi connectivity index (χ1n) is 4.64. The van der Waals surface area contributed by atoms with E-state index in [-0.39, 0.29) is 18.6 Å². The van der Waals surface area contributed by atoms with E-state index in [0.29, 0.717) is 13.1 Å². The highest BCUT2D eigenvalue weighted by Crippen LogP contribution is 2.17. The van der Waals surface area contributed by atoms with Crippen molar-refractivity contribution < 1.29 is 13.9 Å². The zero-order valence-electron chi connectivity index (χ0n) is 7.96. The van der Waals surface area contributed by atoms with E-state index in [1.54, 1.807) is 0 Å². The minimum absolute atomic E-state index is 0.0506. The summed E-state index contributed by atoms with van der Waals surface area (Å²) in [6.07, 6.45) is 1.83. The third kappa shape index (κ3) is 2.95. The molecule has 3 nitrogen and oxygen atoms in total. The van der Waals surface area contributed by atoms with Crippen molar-refractivity contribution in [3.63, 3.8) is 0 Å². The number of esters is 1. The number of halogens is 1. The number of carbonyl (C=O) groups excluding carboxylic acids is 1. The number of carbonyl (C=O) groups is 1. The second-order valence-corrected chi connectivity index (χ2v) is 3.35. The Morgan fingerprint density at radius 3 is 3.08 bits per heavy atom. The monoisotopic (exact) mass is 189 g/mol. The fraction of sp³-hybridized carbons (Fsp3) is 0.889. The quantitative estimate of drug-likeness (QED) is 0.616. The molecule has 0 aliphatic carbocycles. The van der Waals surface area contributed by atoms with E-state index in [4.69, 9.17) is 0 Å². The Morgan fingerprint density at radius 2 is 2.46 bits per heavy atom. The van der Waals surface area contributed by atoms with Crippen LogP contribution >= 0.6 is 0 Å². The van der Waals surface area contributed by atoms with Crippen LogP contribution in [0.4, 0.5) is 4.39 Å². The summed E-state index contributed by atoms with van der Waals surface area (Å²) in [6.45, 7) is 1.65. The van der Waals surface area contributed by atoms with Crippen molar-refractivity contribution in [2.24, 2.45) is 5.92 Å². The van der Waals surface area contributed by atoms with Crippen LogP contribution in [0.1, 0.15) is 12.8 Å². The molecule has 0 N–H and O–H groups in total. The van der Waals surface area contributed by atoms with Gasteiger partial charge >= 0.3 is 5.97 Å². The molecule has 1 fully saturated rings. The van der Waals surface area contributed by atoms with Gasteiger partial charge in [-0.05, 0) is 19.4 Å². The summed E-state index contributed by atoms with van der Waals surface area (Å²) in [4.78, 5) is 13.2. The van der Waals surface area contributed by atoms with Crippen LogP contribution in [0.3, 0.4) is 0 Å². The highest BCUT2D eigenvalue weighted by Gasteiger charge is 2.25. The van der Waals surface area contributed by atoms with Crippen molar-refractivity contribution in [3.05, 3.63) is 0 Å². The molecule has 0 saturated carbocycles. The van der Waals surface area contributed by atoms with E-state index in [9.17, 15) is 9.18 Å². The van der Waals surface area contributed by atoms with Crippen LogP contribution in [0.2, 0.25) is 0 Å². The smallest absolute Gasteiger partial charge is 0.309 e. The molecule has 4 heteroatoms. The topological polar surface area (TPSA) is 29.5 Å². The normalized spacial score (nSPS) is 24.3.